The number of benzene rings is 1. The number of aromatic nitrogens is 2. The maximum Gasteiger partial charge on any atom is 0.148 e. The molecule has 6 nitrogen and oxygen atoms in total. The van der Waals surface area contributed by atoms with E-state index in [0.29, 0.717) is 23.8 Å². The van der Waals surface area contributed by atoms with E-state index in [0.717, 1.165) is 38.2 Å². The molecule has 1 N–H and O–H groups in total. The minimum atomic E-state index is -0.266. The second-order valence-corrected chi connectivity index (χ2v) is 9.24. The molecule has 0 saturated carbocycles. The summed E-state index contributed by atoms with van der Waals surface area (Å²) in [6.45, 7) is 10.9. The van der Waals surface area contributed by atoms with Crippen molar-refractivity contribution in [1.29, 1.82) is 0 Å². The lowest BCUT2D eigenvalue weighted by molar-refractivity contribution is -0.0000322. The van der Waals surface area contributed by atoms with E-state index in [9.17, 15) is 9.50 Å². The van der Waals surface area contributed by atoms with Gasteiger partial charge in [-0.1, -0.05) is 12.1 Å². The summed E-state index contributed by atoms with van der Waals surface area (Å²) in [5, 5.41) is 14.1. The van der Waals surface area contributed by atoms with Crippen molar-refractivity contribution in [1.82, 2.24) is 24.5 Å². The first-order valence-electron chi connectivity index (χ1n) is 11.7. The largest absolute Gasteiger partial charge is 0.396 e. The lowest BCUT2D eigenvalue weighted by Crippen LogP contribution is -2.58. The fourth-order valence-corrected chi connectivity index (χ4v) is 5.17. The molecule has 31 heavy (non-hydrogen) atoms. The van der Waals surface area contributed by atoms with Crippen LogP contribution in [0.3, 0.4) is 0 Å². The van der Waals surface area contributed by atoms with Crippen LogP contribution >= 0.6 is 0 Å². The number of likely N-dealkylation sites (tertiary alicyclic amines) is 1. The predicted octanol–water partition coefficient (Wildman–Crippen LogP) is 2.75. The van der Waals surface area contributed by atoms with E-state index in [1.165, 1.54) is 32.0 Å². The molecule has 1 aromatic carbocycles. The standard InChI is InChI=1S/C24H36FN5O/c1-19(2)28-10-7-21(8-11-28)29-13-12-27(18-22(29)9-14-31)16-20-15-26-30(17-20)24-6-4-3-5-23(24)25/h3-6,15,17,19,21-22,31H,7-14,16,18H2,1-2H3/t22-/m1/s1. The number of piperazine rings is 1. The van der Waals surface area contributed by atoms with Crippen LogP contribution in [0.15, 0.2) is 36.7 Å². The van der Waals surface area contributed by atoms with Gasteiger partial charge in [-0.3, -0.25) is 9.80 Å². The van der Waals surface area contributed by atoms with Crippen LogP contribution in [-0.2, 0) is 6.54 Å². The van der Waals surface area contributed by atoms with Crippen LogP contribution in [0.4, 0.5) is 4.39 Å². The highest BCUT2D eigenvalue weighted by Gasteiger charge is 2.33. The van der Waals surface area contributed by atoms with Gasteiger partial charge in [0, 0.05) is 62.7 Å². The highest BCUT2D eigenvalue weighted by molar-refractivity contribution is 5.32. The van der Waals surface area contributed by atoms with E-state index in [1.807, 2.05) is 18.5 Å². The summed E-state index contributed by atoms with van der Waals surface area (Å²) in [5.41, 5.74) is 1.56. The van der Waals surface area contributed by atoms with Gasteiger partial charge in [0.25, 0.3) is 0 Å². The van der Waals surface area contributed by atoms with Crippen molar-refractivity contribution >= 4 is 0 Å². The summed E-state index contributed by atoms with van der Waals surface area (Å²) in [7, 11) is 0. The van der Waals surface area contributed by atoms with Gasteiger partial charge in [0.1, 0.15) is 11.5 Å². The summed E-state index contributed by atoms with van der Waals surface area (Å²) in [5.74, 6) is -0.266. The Labute approximate surface area is 185 Å². The molecule has 2 aliphatic heterocycles. The highest BCUT2D eigenvalue weighted by Crippen LogP contribution is 2.25. The van der Waals surface area contributed by atoms with Gasteiger partial charge in [0.05, 0.1) is 6.20 Å². The predicted molar refractivity (Wildman–Crippen MR) is 121 cm³/mol. The molecule has 0 radical (unpaired) electrons. The van der Waals surface area contributed by atoms with Crippen LogP contribution in [0.25, 0.3) is 5.69 Å². The van der Waals surface area contributed by atoms with E-state index in [-0.39, 0.29) is 12.4 Å². The number of rotatable bonds is 7. The molecule has 0 unspecified atom stereocenters. The molecule has 2 fully saturated rings. The molecule has 170 valence electrons. The molecule has 7 heteroatoms. The minimum absolute atomic E-state index is 0.227. The summed E-state index contributed by atoms with van der Waals surface area (Å²) in [6.07, 6.45) is 7.01. The number of para-hydroxylation sites is 1. The molecule has 1 atom stereocenters. The number of halogens is 1. The zero-order chi connectivity index (χ0) is 21.8. The number of hydrogen-bond acceptors (Lipinski definition) is 5. The third kappa shape index (κ3) is 5.34. The number of nitrogens with zero attached hydrogens (tertiary/aromatic N) is 5. The summed E-state index contributed by atoms with van der Waals surface area (Å²) < 4.78 is 15.7. The molecule has 2 aromatic rings. The fraction of sp³-hybridized carbons (Fsp3) is 0.625. The highest BCUT2D eigenvalue weighted by atomic mass is 19.1. The minimum Gasteiger partial charge on any atom is -0.396 e. The number of piperidine rings is 1. The van der Waals surface area contributed by atoms with Crippen molar-refractivity contribution in [3.05, 3.63) is 48.0 Å². The molecule has 1 aromatic heterocycles. The molecular formula is C24H36FN5O. The number of hydrogen-bond donors (Lipinski definition) is 1. The zero-order valence-electron chi connectivity index (χ0n) is 18.8. The first-order chi connectivity index (χ1) is 15.0. The molecular weight excluding hydrogens is 393 g/mol. The van der Waals surface area contributed by atoms with Crippen molar-refractivity contribution in [2.24, 2.45) is 0 Å². The lowest BCUT2D eigenvalue weighted by atomic mass is 9.97. The first kappa shape index (κ1) is 22.4. The van der Waals surface area contributed by atoms with E-state index in [4.69, 9.17) is 0 Å². The number of aliphatic hydroxyl groups is 1. The Morgan fingerprint density at radius 2 is 1.90 bits per heavy atom. The third-order valence-electron chi connectivity index (χ3n) is 6.91. The van der Waals surface area contributed by atoms with Gasteiger partial charge in [0.2, 0.25) is 0 Å². The Bertz CT molecular complexity index is 833. The van der Waals surface area contributed by atoms with Crippen molar-refractivity contribution in [3.8, 4) is 5.69 Å². The van der Waals surface area contributed by atoms with Crippen LogP contribution in [0.2, 0.25) is 0 Å². The summed E-state index contributed by atoms with van der Waals surface area (Å²) >= 11 is 0. The Morgan fingerprint density at radius 1 is 1.13 bits per heavy atom. The van der Waals surface area contributed by atoms with Gasteiger partial charge in [0.15, 0.2) is 0 Å². The smallest absolute Gasteiger partial charge is 0.148 e. The van der Waals surface area contributed by atoms with E-state index in [1.54, 1.807) is 16.8 Å². The fourth-order valence-electron chi connectivity index (χ4n) is 5.17. The topological polar surface area (TPSA) is 47.8 Å². The quantitative estimate of drug-likeness (QED) is 0.734. The molecule has 2 aliphatic rings. The number of aliphatic hydroxyl groups excluding tert-OH is 1. The van der Waals surface area contributed by atoms with Crippen molar-refractivity contribution in [3.63, 3.8) is 0 Å². The maximum atomic E-state index is 14.1. The summed E-state index contributed by atoms with van der Waals surface area (Å²) in [6, 6.07) is 8.35. The molecule has 0 spiro atoms. The maximum absolute atomic E-state index is 14.1. The summed E-state index contributed by atoms with van der Waals surface area (Å²) in [4.78, 5) is 7.68. The van der Waals surface area contributed by atoms with Gasteiger partial charge in [-0.25, -0.2) is 9.07 Å². The monoisotopic (exact) mass is 429 g/mol. The van der Waals surface area contributed by atoms with E-state index in [2.05, 4.69) is 33.6 Å². The molecule has 0 bridgehead atoms. The molecule has 3 heterocycles. The zero-order valence-corrected chi connectivity index (χ0v) is 18.8. The Hall–Kier alpha value is -1.80. The normalized spacial score (nSPS) is 22.4. The lowest BCUT2D eigenvalue weighted by Gasteiger charge is -2.48. The van der Waals surface area contributed by atoms with Crippen LogP contribution in [0, 0.1) is 5.82 Å². The van der Waals surface area contributed by atoms with Gasteiger partial charge in [-0.15, -0.1) is 0 Å². The van der Waals surface area contributed by atoms with Crippen molar-refractivity contribution in [2.75, 3.05) is 39.3 Å². The second-order valence-electron chi connectivity index (χ2n) is 9.24. The Balaban J connectivity index is 1.36. The van der Waals surface area contributed by atoms with Gasteiger partial charge < -0.3 is 10.0 Å². The van der Waals surface area contributed by atoms with Crippen LogP contribution in [-0.4, -0.2) is 87.0 Å². The SMILES string of the molecule is CC(C)N1CCC(N2CCN(Cc3cnn(-c4ccccc4F)c3)C[C@H]2CCO)CC1. The Kier molecular flexibility index (Phi) is 7.38. The molecule has 2 saturated heterocycles. The first-order valence-corrected chi connectivity index (χ1v) is 11.7. The van der Waals surface area contributed by atoms with Gasteiger partial charge in [-0.05, 0) is 58.3 Å². The van der Waals surface area contributed by atoms with Gasteiger partial charge >= 0.3 is 0 Å². The molecule has 0 amide bonds. The average Bonchev–Trinajstić information content (AvgIpc) is 3.23. The average molecular weight is 430 g/mol. The molecule has 4 rings (SSSR count). The van der Waals surface area contributed by atoms with E-state index >= 15 is 0 Å². The van der Waals surface area contributed by atoms with E-state index < -0.39 is 0 Å². The third-order valence-corrected chi connectivity index (χ3v) is 6.91. The van der Waals surface area contributed by atoms with Crippen LogP contribution in [0.5, 0.6) is 0 Å². The van der Waals surface area contributed by atoms with Crippen LogP contribution < -0.4 is 0 Å². The van der Waals surface area contributed by atoms with Crippen molar-refractivity contribution < 1.29 is 9.50 Å². The second kappa shape index (κ2) is 10.2. The van der Waals surface area contributed by atoms with Gasteiger partial charge in [-0.2, -0.15) is 5.10 Å². The van der Waals surface area contributed by atoms with Crippen molar-refractivity contribution in [2.45, 2.75) is 57.8 Å². The Morgan fingerprint density at radius 3 is 2.61 bits per heavy atom. The van der Waals surface area contributed by atoms with Crippen LogP contribution in [0.1, 0.15) is 38.7 Å². The molecule has 0 aliphatic carbocycles.